The van der Waals surface area contributed by atoms with Gasteiger partial charge in [-0.3, -0.25) is 9.59 Å². The number of thiophene rings is 1. The van der Waals surface area contributed by atoms with E-state index in [-0.39, 0.29) is 23.8 Å². The van der Waals surface area contributed by atoms with Gasteiger partial charge in [0.2, 0.25) is 5.91 Å². The molecule has 2 aromatic heterocycles. The monoisotopic (exact) mass is 362 g/mol. The zero-order valence-corrected chi connectivity index (χ0v) is 14.7. The molecule has 2 aromatic rings. The molecule has 2 atom stereocenters. The average Bonchev–Trinajstić information content (AvgIpc) is 3.10. The van der Waals surface area contributed by atoms with E-state index in [1.807, 2.05) is 13.8 Å². The molecule has 4 rings (SSSR count). The number of amides is 2. The van der Waals surface area contributed by atoms with Gasteiger partial charge in [-0.15, -0.1) is 16.4 Å². The molecule has 2 aliphatic heterocycles. The smallest absolute Gasteiger partial charge is 0.257 e. The van der Waals surface area contributed by atoms with Crippen molar-refractivity contribution in [3.8, 4) is 5.00 Å². The number of ether oxygens (including phenoxy) is 1. The number of hydrogen-bond donors (Lipinski definition) is 1. The number of aromatic nitrogens is 4. The molecule has 0 aromatic carbocycles. The van der Waals surface area contributed by atoms with Crippen LogP contribution in [0.15, 0.2) is 6.33 Å². The fourth-order valence-corrected chi connectivity index (χ4v) is 4.29. The van der Waals surface area contributed by atoms with Crippen molar-refractivity contribution in [2.75, 3.05) is 26.3 Å². The van der Waals surface area contributed by atoms with Gasteiger partial charge in [-0.2, -0.15) is 4.68 Å². The zero-order chi connectivity index (χ0) is 17.6. The van der Waals surface area contributed by atoms with E-state index >= 15 is 0 Å². The summed E-state index contributed by atoms with van der Waals surface area (Å²) < 4.78 is 7.04. The molecule has 2 bridgehead atoms. The molecule has 2 aliphatic rings. The highest BCUT2D eigenvalue weighted by molar-refractivity contribution is 7.15. The Balaban J connectivity index is 1.71. The van der Waals surface area contributed by atoms with Crippen LogP contribution in [0.25, 0.3) is 5.00 Å². The summed E-state index contributed by atoms with van der Waals surface area (Å²) in [5.41, 5.74) is 1.52. The maximum absolute atomic E-state index is 13.3. The van der Waals surface area contributed by atoms with E-state index in [1.54, 1.807) is 4.90 Å². The molecule has 0 aliphatic carbocycles. The molecular weight excluding hydrogens is 344 g/mol. The molecule has 9 nitrogen and oxygen atoms in total. The Hall–Kier alpha value is -2.33. The van der Waals surface area contributed by atoms with E-state index < -0.39 is 0 Å². The van der Waals surface area contributed by atoms with E-state index in [0.717, 1.165) is 10.4 Å². The lowest BCUT2D eigenvalue weighted by atomic mass is 10.1. The zero-order valence-electron chi connectivity index (χ0n) is 13.9. The SMILES string of the molecule is Cc1sc(-n2cnnn2)c(C(=O)N2C[C@H]3COC[C@@H](C2)C(=O)N3)c1C. The van der Waals surface area contributed by atoms with Crippen molar-refractivity contribution in [2.45, 2.75) is 19.9 Å². The third kappa shape index (κ3) is 2.81. The summed E-state index contributed by atoms with van der Waals surface area (Å²) in [4.78, 5) is 28.3. The standard InChI is InChI=1S/C15H18N6O3S/c1-8-9(2)25-15(21-7-16-18-19-21)12(8)14(23)20-3-10-5-24-6-11(4-20)17-13(10)22/h7,10-11H,3-6H2,1-2H3,(H,17,22)/t10-,11+/m1/s1. The molecule has 10 heteroatoms. The summed E-state index contributed by atoms with van der Waals surface area (Å²) in [5, 5.41) is 14.9. The largest absolute Gasteiger partial charge is 0.378 e. The van der Waals surface area contributed by atoms with Gasteiger partial charge in [-0.25, -0.2) is 0 Å². The Bertz CT molecular complexity index is 818. The van der Waals surface area contributed by atoms with E-state index in [9.17, 15) is 9.59 Å². The number of rotatable bonds is 2. The molecule has 2 saturated heterocycles. The van der Waals surface area contributed by atoms with Crippen LogP contribution in [0.5, 0.6) is 0 Å². The highest BCUT2D eigenvalue weighted by Gasteiger charge is 2.37. The topological polar surface area (TPSA) is 102 Å². The second-order valence-electron chi connectivity index (χ2n) is 6.37. The predicted molar refractivity (Wildman–Crippen MR) is 88.6 cm³/mol. The van der Waals surface area contributed by atoms with Crippen molar-refractivity contribution in [3.63, 3.8) is 0 Å². The predicted octanol–water partition coefficient (Wildman–Crippen LogP) is -0.0724. The van der Waals surface area contributed by atoms with Crippen LogP contribution in [-0.2, 0) is 9.53 Å². The van der Waals surface area contributed by atoms with Gasteiger partial charge in [-0.05, 0) is 29.8 Å². The van der Waals surface area contributed by atoms with Crippen LogP contribution >= 0.6 is 11.3 Å². The van der Waals surface area contributed by atoms with Gasteiger partial charge >= 0.3 is 0 Å². The lowest BCUT2D eigenvalue weighted by Crippen LogP contribution is -2.44. The lowest BCUT2D eigenvalue weighted by molar-refractivity contribution is -0.125. The number of fused-ring (bicyclic) bond motifs is 3. The second-order valence-corrected chi connectivity index (χ2v) is 7.57. The van der Waals surface area contributed by atoms with Crippen molar-refractivity contribution in [1.29, 1.82) is 0 Å². The number of nitrogens with one attached hydrogen (secondary N) is 1. The van der Waals surface area contributed by atoms with E-state index in [2.05, 4.69) is 20.8 Å². The molecule has 132 valence electrons. The molecule has 25 heavy (non-hydrogen) atoms. The molecule has 2 fully saturated rings. The molecule has 2 amide bonds. The molecule has 0 radical (unpaired) electrons. The van der Waals surface area contributed by atoms with Gasteiger partial charge in [0.15, 0.2) is 0 Å². The number of aryl methyl sites for hydroxylation is 1. The number of carbonyl (C=O) groups is 2. The molecule has 4 heterocycles. The van der Waals surface area contributed by atoms with Gasteiger partial charge in [0.25, 0.3) is 5.91 Å². The van der Waals surface area contributed by atoms with Crippen LogP contribution in [0.1, 0.15) is 20.8 Å². The minimum atomic E-state index is -0.340. The van der Waals surface area contributed by atoms with Crippen LogP contribution in [0, 0.1) is 19.8 Å². The molecule has 0 unspecified atom stereocenters. The minimum absolute atomic E-state index is 0.0447. The lowest BCUT2D eigenvalue weighted by Gasteiger charge is -2.28. The maximum Gasteiger partial charge on any atom is 0.257 e. The summed E-state index contributed by atoms with van der Waals surface area (Å²) in [6, 6.07) is -0.180. The highest BCUT2D eigenvalue weighted by atomic mass is 32.1. The normalized spacial score (nSPS) is 23.3. The van der Waals surface area contributed by atoms with Crippen LogP contribution in [0.3, 0.4) is 0 Å². The van der Waals surface area contributed by atoms with Crippen LogP contribution < -0.4 is 5.32 Å². The number of carbonyl (C=O) groups excluding carboxylic acids is 2. The Morgan fingerprint density at radius 3 is 2.96 bits per heavy atom. The van der Waals surface area contributed by atoms with Crippen molar-refractivity contribution in [1.82, 2.24) is 30.4 Å². The first-order valence-corrected chi connectivity index (χ1v) is 8.87. The van der Waals surface area contributed by atoms with E-state index in [4.69, 9.17) is 4.74 Å². The first-order chi connectivity index (χ1) is 12.0. The Morgan fingerprint density at radius 2 is 2.20 bits per heavy atom. The molecule has 0 saturated carbocycles. The third-order valence-electron chi connectivity index (χ3n) is 4.66. The summed E-state index contributed by atoms with van der Waals surface area (Å²) >= 11 is 1.48. The van der Waals surface area contributed by atoms with E-state index in [0.29, 0.717) is 36.9 Å². The fourth-order valence-electron chi connectivity index (χ4n) is 3.23. The molecule has 0 spiro atoms. The van der Waals surface area contributed by atoms with Crippen LogP contribution in [-0.4, -0.2) is 69.3 Å². The first kappa shape index (κ1) is 16.2. The Morgan fingerprint density at radius 1 is 1.36 bits per heavy atom. The Labute approximate surface area is 147 Å². The van der Waals surface area contributed by atoms with Crippen molar-refractivity contribution >= 4 is 23.2 Å². The Kier molecular flexibility index (Phi) is 4.00. The third-order valence-corrected chi connectivity index (χ3v) is 5.86. The quantitative estimate of drug-likeness (QED) is 0.802. The van der Waals surface area contributed by atoms with Gasteiger partial charge in [0.1, 0.15) is 11.3 Å². The summed E-state index contributed by atoms with van der Waals surface area (Å²) in [6.07, 6.45) is 1.48. The van der Waals surface area contributed by atoms with Gasteiger partial charge in [-0.1, -0.05) is 0 Å². The average molecular weight is 362 g/mol. The van der Waals surface area contributed by atoms with E-state index in [1.165, 1.54) is 22.3 Å². The summed E-state index contributed by atoms with van der Waals surface area (Å²) in [5.74, 6) is -0.481. The van der Waals surface area contributed by atoms with Crippen molar-refractivity contribution in [2.24, 2.45) is 5.92 Å². The first-order valence-electron chi connectivity index (χ1n) is 8.05. The van der Waals surface area contributed by atoms with Crippen molar-refractivity contribution in [3.05, 3.63) is 22.3 Å². The van der Waals surface area contributed by atoms with Gasteiger partial charge in [0, 0.05) is 18.0 Å². The fraction of sp³-hybridized carbons (Fsp3) is 0.533. The van der Waals surface area contributed by atoms with Gasteiger partial charge < -0.3 is 15.0 Å². The van der Waals surface area contributed by atoms with Crippen LogP contribution in [0.4, 0.5) is 0 Å². The van der Waals surface area contributed by atoms with Crippen molar-refractivity contribution < 1.29 is 14.3 Å². The van der Waals surface area contributed by atoms with Crippen LogP contribution in [0.2, 0.25) is 0 Å². The summed E-state index contributed by atoms with van der Waals surface area (Å²) in [7, 11) is 0. The number of tetrazole rings is 1. The molecular formula is C15H18N6O3S. The summed E-state index contributed by atoms with van der Waals surface area (Å²) in [6.45, 7) is 5.45. The minimum Gasteiger partial charge on any atom is -0.378 e. The molecule has 1 N–H and O–H groups in total. The number of nitrogens with zero attached hydrogens (tertiary/aromatic N) is 5. The second kappa shape index (κ2) is 6.19. The maximum atomic E-state index is 13.3. The highest BCUT2D eigenvalue weighted by Crippen LogP contribution is 2.32. The number of hydrogen-bond acceptors (Lipinski definition) is 7. The van der Waals surface area contributed by atoms with Gasteiger partial charge in [0.05, 0.1) is 30.7 Å².